The van der Waals surface area contributed by atoms with Crippen LogP contribution in [0.25, 0.3) is 0 Å². The van der Waals surface area contributed by atoms with Crippen LogP contribution < -0.4 is 29.6 Å². The fourth-order valence-corrected chi connectivity index (χ4v) is 4.59. The molecule has 0 aliphatic carbocycles. The fourth-order valence-electron chi connectivity index (χ4n) is 1.89. The van der Waals surface area contributed by atoms with Crippen molar-refractivity contribution in [3.05, 3.63) is 10.1 Å². The molecular formula is C10H12NNaO4S2. The first-order valence-electron chi connectivity index (χ1n) is 5.20. The molecule has 0 radical (unpaired) electrons. The number of nitrogens with zero attached hydrogens (tertiary/aromatic N) is 1. The van der Waals surface area contributed by atoms with Gasteiger partial charge in [-0.05, 0) is 12.7 Å². The summed E-state index contributed by atoms with van der Waals surface area (Å²) < 4.78 is 5.56. The zero-order valence-electron chi connectivity index (χ0n) is 10.4. The normalized spacial score (nSPS) is 27.3. The molecule has 2 rings (SSSR count). The van der Waals surface area contributed by atoms with E-state index in [0.29, 0.717) is 0 Å². The monoisotopic (exact) mass is 297 g/mol. The van der Waals surface area contributed by atoms with Crippen molar-refractivity contribution in [3.63, 3.8) is 0 Å². The van der Waals surface area contributed by atoms with E-state index in [9.17, 15) is 14.7 Å². The summed E-state index contributed by atoms with van der Waals surface area (Å²) in [6.45, 7) is 4.93. The van der Waals surface area contributed by atoms with Crippen LogP contribution in [0.2, 0.25) is 0 Å². The Labute approximate surface area is 136 Å². The molecule has 0 spiro atoms. The third-order valence-electron chi connectivity index (χ3n) is 2.64. The van der Waals surface area contributed by atoms with Gasteiger partial charge in [-0.1, -0.05) is 6.92 Å². The van der Waals surface area contributed by atoms with Gasteiger partial charge in [-0.3, -0.25) is 4.79 Å². The second-order valence-corrected chi connectivity index (χ2v) is 6.35. The van der Waals surface area contributed by atoms with Crippen LogP contribution in [0.3, 0.4) is 0 Å². The van der Waals surface area contributed by atoms with Crippen molar-refractivity contribution < 1.29 is 49.0 Å². The summed E-state index contributed by atoms with van der Waals surface area (Å²) in [5.74, 6) is 0.473. The van der Waals surface area contributed by atoms with Crippen LogP contribution in [0.5, 0.6) is 0 Å². The van der Waals surface area contributed by atoms with E-state index in [2.05, 4.69) is 0 Å². The molecule has 1 amide bonds. The number of carbonyl (C=O) groups excluding carboxylic acids is 2. The number of rotatable bonds is 5. The molecule has 0 aromatic heterocycles. The van der Waals surface area contributed by atoms with Crippen LogP contribution in [0.4, 0.5) is 0 Å². The van der Waals surface area contributed by atoms with E-state index >= 15 is 0 Å². The Morgan fingerprint density at radius 1 is 1.67 bits per heavy atom. The van der Waals surface area contributed by atoms with Crippen molar-refractivity contribution in [2.24, 2.45) is 5.92 Å². The minimum Gasteiger partial charge on any atom is -0.596 e. The van der Waals surface area contributed by atoms with Gasteiger partial charge < -0.3 is 19.5 Å². The topological polar surface area (TPSA) is 66.8 Å². The molecule has 0 saturated carbocycles. The van der Waals surface area contributed by atoms with Gasteiger partial charge >= 0.3 is 29.6 Å². The Balaban J connectivity index is 0.00000162. The van der Waals surface area contributed by atoms with E-state index in [1.165, 1.54) is 34.9 Å². The average molecular weight is 297 g/mol. The van der Waals surface area contributed by atoms with Crippen LogP contribution in [0, 0.1) is 5.92 Å². The van der Waals surface area contributed by atoms with E-state index in [0.717, 1.165) is 9.99 Å². The molecule has 1 fully saturated rings. The van der Waals surface area contributed by atoms with E-state index in [4.69, 9.17) is 4.74 Å². The van der Waals surface area contributed by atoms with E-state index in [1.807, 2.05) is 6.92 Å². The summed E-state index contributed by atoms with van der Waals surface area (Å²) in [6.07, 6.45) is -0.691. The minimum atomic E-state index is -0.691. The molecule has 94 valence electrons. The van der Waals surface area contributed by atoms with Crippen LogP contribution in [-0.2, 0) is 14.3 Å². The quantitative estimate of drug-likeness (QED) is 0.355. The fraction of sp³-hybridized carbons (Fsp3) is 0.600. The van der Waals surface area contributed by atoms with Crippen molar-refractivity contribution in [2.75, 3.05) is 5.75 Å². The summed E-state index contributed by atoms with van der Waals surface area (Å²) in [5, 5.41) is 9.36. The Kier molecular flexibility index (Phi) is 6.08. The minimum absolute atomic E-state index is 0. The molecular weight excluding hydrogens is 285 g/mol. The van der Waals surface area contributed by atoms with Crippen molar-refractivity contribution in [2.45, 2.75) is 25.3 Å². The number of thioether (sulfide) groups is 2. The van der Waals surface area contributed by atoms with Crippen LogP contribution in [-0.4, -0.2) is 39.6 Å². The molecule has 2 aliphatic rings. The second-order valence-electron chi connectivity index (χ2n) is 3.69. The number of ether oxygens (including phenoxy) is 1. The number of amides is 1. The van der Waals surface area contributed by atoms with Gasteiger partial charge in [0.25, 0.3) is 0 Å². The molecule has 2 aliphatic heterocycles. The molecule has 0 aromatic carbocycles. The third-order valence-corrected chi connectivity index (χ3v) is 5.14. The number of carbonyl (C=O) groups is 1. The maximum absolute atomic E-state index is 11.8. The molecule has 8 heteroatoms. The van der Waals surface area contributed by atoms with Crippen molar-refractivity contribution in [1.29, 1.82) is 0 Å². The molecule has 1 saturated heterocycles. The molecule has 0 unspecified atom stereocenters. The maximum atomic E-state index is 11.8. The summed E-state index contributed by atoms with van der Waals surface area (Å²) in [7, 11) is 0. The molecule has 18 heavy (non-hydrogen) atoms. The van der Waals surface area contributed by atoms with Crippen LogP contribution >= 0.6 is 23.5 Å². The van der Waals surface area contributed by atoms with Crippen LogP contribution in [0.15, 0.2) is 10.1 Å². The predicted octanol–water partition coefficient (Wildman–Crippen LogP) is -2.13. The van der Waals surface area contributed by atoms with Gasteiger partial charge in [-0.2, -0.15) is 0 Å². The number of fused-ring (bicyclic) bond motifs is 1. The zero-order valence-corrected chi connectivity index (χ0v) is 14.0. The van der Waals surface area contributed by atoms with Gasteiger partial charge in [0.15, 0.2) is 6.47 Å². The molecule has 5 nitrogen and oxygen atoms in total. The first-order valence-corrected chi connectivity index (χ1v) is 7.07. The average Bonchev–Trinajstić information content (AvgIpc) is 2.53. The Hall–Kier alpha value is 0.340. The Bertz CT molecular complexity index is 388. The van der Waals surface area contributed by atoms with Gasteiger partial charge in [0.05, 0.1) is 23.3 Å². The third kappa shape index (κ3) is 2.62. The van der Waals surface area contributed by atoms with Crippen molar-refractivity contribution >= 4 is 35.9 Å². The number of aliphatic hydroxyl groups excluding tert-OH is 1. The van der Waals surface area contributed by atoms with Gasteiger partial charge in [-0.15, -0.1) is 23.5 Å². The Morgan fingerprint density at radius 2 is 2.33 bits per heavy atom. The maximum Gasteiger partial charge on any atom is 1.00 e. The number of hydrogen-bond acceptors (Lipinski definition) is 6. The summed E-state index contributed by atoms with van der Waals surface area (Å²) in [4.78, 5) is 23.6. The first kappa shape index (κ1) is 16.4. The number of β-lactam (4-membered cyclic amide) rings is 1. The largest absolute Gasteiger partial charge is 1.00 e. The number of aliphatic hydroxyl groups is 1. The van der Waals surface area contributed by atoms with Gasteiger partial charge in [0.2, 0.25) is 5.91 Å². The van der Waals surface area contributed by atoms with E-state index < -0.39 is 12.0 Å². The molecule has 0 bridgehead atoms. The van der Waals surface area contributed by atoms with Gasteiger partial charge in [0, 0.05) is 4.24 Å². The summed E-state index contributed by atoms with van der Waals surface area (Å²) in [5.41, 5.74) is 0. The van der Waals surface area contributed by atoms with Gasteiger partial charge in [-0.25, -0.2) is 0 Å². The standard InChI is InChI=1S/C10H12NO4S2.Na/c1-3-16-10-8(15-4-12)11-7(14)6(5(2)13)9(11)17-10;/h5-6,9,13H,3H2,1-2H3;/q-1;+1/t5-,6+,9-;/m1./s1. The SMILES string of the molecule is CCSC1=C(O[C-]=O)N2C(=O)[C@H]([C@@H](C)O)[C@H]2S1.[Na+]. The van der Waals surface area contributed by atoms with E-state index in [-0.39, 0.29) is 46.7 Å². The predicted molar refractivity (Wildman–Crippen MR) is 65.3 cm³/mol. The molecule has 1 N–H and O–H groups in total. The van der Waals surface area contributed by atoms with Crippen LogP contribution in [0.1, 0.15) is 13.8 Å². The molecule has 2 heterocycles. The smallest absolute Gasteiger partial charge is 0.596 e. The number of hydrogen-bond donors (Lipinski definition) is 1. The summed E-state index contributed by atoms with van der Waals surface area (Å²) in [6, 6.07) is 0. The van der Waals surface area contributed by atoms with E-state index in [1.54, 1.807) is 6.92 Å². The molecule has 3 atom stereocenters. The summed E-state index contributed by atoms with van der Waals surface area (Å²) >= 11 is 2.97. The molecule has 0 aromatic rings. The first-order chi connectivity index (χ1) is 8.11. The van der Waals surface area contributed by atoms with Crippen molar-refractivity contribution in [1.82, 2.24) is 4.90 Å². The second kappa shape index (κ2) is 6.67. The Morgan fingerprint density at radius 3 is 2.83 bits per heavy atom. The van der Waals surface area contributed by atoms with Gasteiger partial charge in [0.1, 0.15) is 0 Å². The zero-order chi connectivity index (χ0) is 12.6. The van der Waals surface area contributed by atoms with Crippen molar-refractivity contribution in [3.8, 4) is 0 Å².